The lowest BCUT2D eigenvalue weighted by atomic mass is 9.93. The molecular weight excluding hydrogens is 488 g/mol. The lowest BCUT2D eigenvalue weighted by Crippen LogP contribution is -2.30. The molecule has 0 saturated heterocycles. The normalized spacial score (nSPS) is 15.2. The molecule has 0 saturated carbocycles. The summed E-state index contributed by atoms with van der Waals surface area (Å²) in [5.74, 6) is -0.424. The van der Waals surface area contributed by atoms with E-state index in [9.17, 15) is 14.7 Å². The number of thiazole rings is 1. The molecule has 1 aliphatic heterocycles. The van der Waals surface area contributed by atoms with E-state index in [1.807, 2.05) is 12.3 Å². The zero-order chi connectivity index (χ0) is 25.3. The van der Waals surface area contributed by atoms with E-state index < -0.39 is 11.9 Å². The van der Waals surface area contributed by atoms with Crippen molar-refractivity contribution in [1.82, 2.24) is 4.98 Å². The Balaban J connectivity index is 1.52. The first-order valence-electron chi connectivity index (χ1n) is 11.3. The van der Waals surface area contributed by atoms with Gasteiger partial charge in [-0.15, -0.1) is 11.3 Å². The number of hydrogen-bond donors (Lipinski definition) is 1. The average molecular weight is 515 g/mol. The summed E-state index contributed by atoms with van der Waals surface area (Å²) in [7, 11) is 0. The van der Waals surface area contributed by atoms with Gasteiger partial charge in [-0.25, -0.2) is 4.98 Å². The van der Waals surface area contributed by atoms with Crippen LogP contribution in [-0.4, -0.2) is 35.1 Å². The number of nitrogens with zero attached hydrogens (tertiary/aromatic N) is 2. The highest BCUT2D eigenvalue weighted by atomic mass is 35.5. The average Bonchev–Trinajstić information content (AvgIpc) is 3.30. The molecule has 9 heteroatoms. The molecule has 1 aliphatic rings. The molecule has 2 heterocycles. The number of aromatic nitrogens is 1. The third-order valence-electron chi connectivity index (χ3n) is 5.78. The zero-order valence-electron chi connectivity index (χ0n) is 20.0. The second-order valence-electron chi connectivity index (χ2n) is 9.29. The standard InChI is InChI=1S/C26H27ClN2O5S/c1-5-29(25-28-22(14-35-25)26(2,3)4)23(30)15-6-8-16(9-7-15)34-21-13-20-18(12-19(21)27)17(24(31)32)10-11-33-20/h6-9,12-14,17H,5,10-11H2,1-4H3,(H,31,32). The molecule has 0 fully saturated rings. The fourth-order valence-corrected chi connectivity index (χ4v) is 5.10. The topological polar surface area (TPSA) is 89.0 Å². The molecule has 1 N–H and O–H groups in total. The van der Waals surface area contributed by atoms with Crippen LogP contribution in [0.25, 0.3) is 0 Å². The van der Waals surface area contributed by atoms with E-state index in [0.717, 1.165) is 5.69 Å². The second-order valence-corrected chi connectivity index (χ2v) is 10.5. The van der Waals surface area contributed by atoms with Crippen LogP contribution in [0, 0.1) is 0 Å². The van der Waals surface area contributed by atoms with E-state index in [1.54, 1.807) is 41.3 Å². The van der Waals surface area contributed by atoms with Crippen molar-refractivity contribution in [3.05, 3.63) is 63.6 Å². The van der Waals surface area contributed by atoms with Gasteiger partial charge in [0.2, 0.25) is 0 Å². The van der Waals surface area contributed by atoms with Gasteiger partial charge >= 0.3 is 5.97 Å². The monoisotopic (exact) mass is 514 g/mol. The molecule has 4 rings (SSSR count). The quantitative estimate of drug-likeness (QED) is 0.403. The summed E-state index contributed by atoms with van der Waals surface area (Å²) in [5, 5.41) is 12.4. The van der Waals surface area contributed by atoms with Crippen molar-refractivity contribution >= 4 is 39.9 Å². The second kappa shape index (κ2) is 9.87. The molecule has 184 valence electrons. The first-order valence-corrected chi connectivity index (χ1v) is 12.6. The summed E-state index contributed by atoms with van der Waals surface area (Å²) in [4.78, 5) is 31.0. The van der Waals surface area contributed by atoms with Gasteiger partial charge in [-0.3, -0.25) is 14.5 Å². The highest BCUT2D eigenvalue weighted by Crippen LogP contribution is 2.42. The molecule has 7 nitrogen and oxygen atoms in total. The number of carbonyl (C=O) groups is 2. The summed E-state index contributed by atoms with van der Waals surface area (Å²) in [6, 6.07) is 9.98. The van der Waals surface area contributed by atoms with Crippen LogP contribution in [0.5, 0.6) is 17.2 Å². The molecule has 2 aromatic carbocycles. The van der Waals surface area contributed by atoms with Crippen molar-refractivity contribution in [1.29, 1.82) is 0 Å². The number of halogens is 1. The Morgan fingerprint density at radius 2 is 1.97 bits per heavy atom. The minimum Gasteiger partial charge on any atom is -0.493 e. The van der Waals surface area contributed by atoms with Crippen LogP contribution in [0.1, 0.15) is 61.6 Å². The van der Waals surface area contributed by atoms with Gasteiger partial charge in [-0.1, -0.05) is 32.4 Å². The van der Waals surface area contributed by atoms with E-state index in [2.05, 4.69) is 25.8 Å². The number of carboxylic acid groups (broad SMARTS) is 1. The fourth-order valence-electron chi connectivity index (χ4n) is 3.77. The number of amides is 1. The molecule has 0 bridgehead atoms. The zero-order valence-corrected chi connectivity index (χ0v) is 21.6. The highest BCUT2D eigenvalue weighted by Gasteiger charge is 2.29. The van der Waals surface area contributed by atoms with Gasteiger partial charge < -0.3 is 14.6 Å². The summed E-state index contributed by atoms with van der Waals surface area (Å²) in [5.41, 5.74) is 1.91. The Morgan fingerprint density at radius 1 is 1.26 bits per heavy atom. The first kappa shape index (κ1) is 25.0. The number of carbonyl (C=O) groups excluding carboxylic acids is 1. The summed E-state index contributed by atoms with van der Waals surface area (Å²) >= 11 is 7.84. The number of fused-ring (bicyclic) bond motifs is 1. The van der Waals surface area contributed by atoms with Crippen molar-refractivity contribution in [3.8, 4) is 17.2 Å². The Bertz CT molecular complexity index is 1250. The molecule has 3 aromatic rings. The van der Waals surface area contributed by atoms with Crippen molar-refractivity contribution < 1.29 is 24.2 Å². The third-order valence-corrected chi connectivity index (χ3v) is 6.94. The minimum absolute atomic E-state index is 0.0896. The van der Waals surface area contributed by atoms with Gasteiger partial charge in [0.05, 0.1) is 23.2 Å². The van der Waals surface area contributed by atoms with Gasteiger partial charge in [0.1, 0.15) is 17.2 Å². The van der Waals surface area contributed by atoms with E-state index in [0.29, 0.717) is 53.1 Å². The van der Waals surface area contributed by atoms with Gasteiger partial charge in [0.25, 0.3) is 5.91 Å². The van der Waals surface area contributed by atoms with Crippen molar-refractivity contribution in [2.24, 2.45) is 0 Å². The van der Waals surface area contributed by atoms with E-state index >= 15 is 0 Å². The van der Waals surface area contributed by atoms with E-state index in [4.69, 9.17) is 21.1 Å². The van der Waals surface area contributed by atoms with Gasteiger partial charge in [-0.05, 0) is 43.7 Å². The first-order chi connectivity index (χ1) is 16.6. The highest BCUT2D eigenvalue weighted by molar-refractivity contribution is 7.14. The van der Waals surface area contributed by atoms with Crippen molar-refractivity contribution in [3.63, 3.8) is 0 Å². The lowest BCUT2D eigenvalue weighted by Gasteiger charge is -2.24. The maximum atomic E-state index is 13.2. The predicted molar refractivity (Wildman–Crippen MR) is 137 cm³/mol. The predicted octanol–water partition coefficient (Wildman–Crippen LogP) is 6.50. The molecule has 0 spiro atoms. The molecule has 0 radical (unpaired) electrons. The van der Waals surface area contributed by atoms with Crippen molar-refractivity contribution in [2.45, 2.75) is 45.4 Å². The van der Waals surface area contributed by atoms with Crippen LogP contribution >= 0.6 is 22.9 Å². The Morgan fingerprint density at radius 3 is 2.57 bits per heavy atom. The Labute approximate surface area is 213 Å². The summed E-state index contributed by atoms with van der Waals surface area (Å²) in [6.07, 6.45) is 0.391. The number of ether oxygens (including phenoxy) is 2. The number of carboxylic acids is 1. The number of rotatable bonds is 6. The van der Waals surface area contributed by atoms with Gasteiger partial charge in [0.15, 0.2) is 5.13 Å². The maximum absolute atomic E-state index is 13.2. The van der Waals surface area contributed by atoms with Crippen LogP contribution in [0.4, 0.5) is 5.13 Å². The Kier molecular flexibility index (Phi) is 7.05. The summed E-state index contributed by atoms with van der Waals surface area (Å²) in [6.45, 7) is 9.00. The smallest absolute Gasteiger partial charge is 0.311 e. The largest absolute Gasteiger partial charge is 0.493 e. The number of anilines is 1. The lowest BCUT2D eigenvalue weighted by molar-refractivity contribution is -0.139. The van der Waals surface area contributed by atoms with Crippen LogP contribution in [-0.2, 0) is 10.2 Å². The molecule has 1 amide bonds. The SMILES string of the molecule is CCN(C(=O)c1ccc(Oc2cc3c(cc2Cl)C(C(=O)O)CCO3)cc1)c1nc(C(C)(C)C)cs1. The maximum Gasteiger partial charge on any atom is 0.311 e. The molecule has 35 heavy (non-hydrogen) atoms. The summed E-state index contributed by atoms with van der Waals surface area (Å²) < 4.78 is 11.6. The molecule has 1 aromatic heterocycles. The van der Waals surface area contributed by atoms with Gasteiger partial charge in [-0.2, -0.15) is 0 Å². The van der Waals surface area contributed by atoms with Crippen LogP contribution < -0.4 is 14.4 Å². The van der Waals surface area contributed by atoms with Gasteiger partial charge in [0, 0.05) is 34.5 Å². The fraction of sp³-hybridized carbons (Fsp3) is 0.346. The number of hydrogen-bond acceptors (Lipinski definition) is 6. The Hall–Kier alpha value is -3.10. The van der Waals surface area contributed by atoms with E-state index in [-0.39, 0.29) is 16.3 Å². The number of aliphatic carboxylic acids is 1. The molecule has 1 atom stereocenters. The number of benzene rings is 2. The van der Waals surface area contributed by atoms with Crippen molar-refractivity contribution in [2.75, 3.05) is 18.1 Å². The molecular formula is C26H27ClN2O5S. The molecule has 1 unspecified atom stereocenters. The van der Waals surface area contributed by atoms with Crippen LogP contribution in [0.2, 0.25) is 5.02 Å². The van der Waals surface area contributed by atoms with Crippen LogP contribution in [0.15, 0.2) is 41.8 Å². The van der Waals surface area contributed by atoms with E-state index in [1.165, 1.54) is 11.3 Å². The van der Waals surface area contributed by atoms with Crippen LogP contribution in [0.3, 0.4) is 0 Å². The minimum atomic E-state index is -0.909. The third kappa shape index (κ3) is 5.28. The molecule has 0 aliphatic carbocycles.